The van der Waals surface area contributed by atoms with E-state index in [1.54, 1.807) is 6.92 Å². The summed E-state index contributed by atoms with van der Waals surface area (Å²) in [7, 11) is 0. The maximum Gasteiger partial charge on any atom is 0.335 e. The molecule has 13 rings (SSSR count). The van der Waals surface area contributed by atoms with E-state index in [2.05, 4.69) is 30.5 Å². The van der Waals surface area contributed by atoms with Crippen molar-refractivity contribution >= 4 is 53.6 Å². The number of amides is 3. The molecule has 8 aliphatic heterocycles. The number of aliphatic hydroxyl groups excluding tert-OH is 22. The van der Waals surface area contributed by atoms with E-state index in [1.807, 2.05) is 13.8 Å². The van der Waals surface area contributed by atoms with Gasteiger partial charge in [0, 0.05) is 43.7 Å². The molecule has 12 fully saturated rings. The third-order valence-corrected chi connectivity index (χ3v) is 33.3. The summed E-state index contributed by atoms with van der Waals surface area (Å²) in [6.45, 7) is 14.0. The van der Waals surface area contributed by atoms with Gasteiger partial charge in [0.15, 0.2) is 49.9 Å². The summed E-state index contributed by atoms with van der Waals surface area (Å²) in [5, 5.41) is 271. The lowest BCUT2D eigenvalue weighted by Crippen LogP contribution is -2.68. The lowest BCUT2D eigenvalue weighted by molar-refractivity contribution is -0.396. The lowest BCUT2D eigenvalue weighted by atomic mass is 9.36. The van der Waals surface area contributed by atoms with E-state index in [-0.39, 0.29) is 94.4 Å². The predicted octanol–water partition coefficient (Wildman–Crippen LogP) is -7.98. The van der Waals surface area contributed by atoms with Gasteiger partial charge in [0.05, 0.1) is 81.5 Å². The summed E-state index contributed by atoms with van der Waals surface area (Å²) in [5.41, 5.74) is -2.08. The summed E-state index contributed by atoms with van der Waals surface area (Å²) < 4.78 is 115. The van der Waals surface area contributed by atoms with Crippen LogP contribution in [0.15, 0.2) is 16.8 Å². The van der Waals surface area contributed by atoms with E-state index >= 15 is 4.79 Å². The number of aliphatic carboxylic acids is 1. The summed E-state index contributed by atoms with van der Waals surface area (Å²) in [5.74, 6) is -6.99. The van der Waals surface area contributed by atoms with Gasteiger partial charge in [-0.15, -0.1) is 11.8 Å². The second-order valence-electron chi connectivity index (χ2n) is 42.7. The van der Waals surface area contributed by atoms with Crippen molar-refractivity contribution in [3.8, 4) is 0 Å². The fourth-order valence-electron chi connectivity index (χ4n) is 23.9. The van der Waals surface area contributed by atoms with Crippen LogP contribution in [0, 0.1) is 50.7 Å². The molecule has 3 amide bonds. The largest absolute Gasteiger partial charge is 0.479 e. The van der Waals surface area contributed by atoms with Crippen LogP contribution in [0.2, 0.25) is 0 Å². The van der Waals surface area contributed by atoms with Crippen molar-refractivity contribution in [1.29, 1.82) is 0 Å². The van der Waals surface area contributed by atoms with Gasteiger partial charge < -0.3 is 213 Å². The molecule has 53 heteroatoms. The molecular formula is C94H151N3O49S. The van der Waals surface area contributed by atoms with Crippen molar-refractivity contribution in [2.45, 2.75) is 430 Å². The fraction of sp³-hybridized carbons (Fsp3) is 0.904. The molecular weight excluding hydrogens is 1990 g/mol. The Balaban J connectivity index is 0.811. The van der Waals surface area contributed by atoms with Gasteiger partial charge in [-0.1, -0.05) is 52.7 Å². The molecule has 0 radical (unpaired) electrons. The number of carbonyl (C=O) groups is 6. The first-order valence-corrected chi connectivity index (χ1v) is 51.3. The van der Waals surface area contributed by atoms with Crippen LogP contribution < -0.4 is 5.43 Å². The molecule has 0 aromatic rings. The van der Waals surface area contributed by atoms with E-state index in [9.17, 15) is 147 Å². The number of imide groups is 1. The molecule has 8 saturated heterocycles. The number of hydrogen-bond acceptors (Lipinski definition) is 50. The van der Waals surface area contributed by atoms with E-state index < -0.39 is 365 Å². The summed E-state index contributed by atoms with van der Waals surface area (Å²) in [6.07, 6.45) is -74.5. The first-order valence-electron chi connectivity index (χ1n) is 50.3. The Kier molecular flexibility index (Phi) is 40.3. The van der Waals surface area contributed by atoms with Crippen LogP contribution in [0.3, 0.4) is 0 Å². The van der Waals surface area contributed by atoms with Crippen LogP contribution in [0.1, 0.15) is 166 Å². The SMILES string of the molecule is CC(=O)OC(C)C(C)OC(OC1C(C)OC(OC(=O)[C@]23CCC(C)(C)CC2C2=CCC4[C@@](C)(CCC5[C@]4(C)CC[C@H](OC4OC(C(=O)O)C(O)C(OC6OCC(O)C(O)C6O)C4OC4OC(CO)C(O)C(O)C4O)[C@@]5(C)/C=N/NC(=O)CCCCCN4C(=O)C[C@H](SCCO)C4=O)C2C[C@H]3O)C(OC2OC(C)C(OC3OCC(O)C(OC4OC(CO)C(O)C(O)C4O)C3O)C(O)C2O)C1O)C(O)OC(OCC(C)O)C(O)O. The first-order chi connectivity index (χ1) is 69.2. The van der Waals surface area contributed by atoms with E-state index in [4.69, 9.17) is 90.0 Å². The maximum absolute atomic E-state index is 16.5. The predicted molar refractivity (Wildman–Crippen MR) is 488 cm³/mol. The number of ether oxygens (including phenoxy) is 19. The van der Waals surface area contributed by atoms with Crippen LogP contribution in [0.5, 0.6) is 0 Å². The minimum Gasteiger partial charge on any atom is -0.479 e. The zero-order valence-corrected chi connectivity index (χ0v) is 84.4. The molecule has 25 N–H and O–H groups in total. The number of fused-ring (bicyclic) bond motifs is 7. The number of nitrogens with zero attached hydrogens (tertiary/aromatic N) is 2. The van der Waals surface area contributed by atoms with Crippen LogP contribution in [0.25, 0.3) is 0 Å². The van der Waals surface area contributed by atoms with E-state index in [0.717, 1.165) is 12.5 Å². The molecule has 8 heterocycles. The number of carboxylic acid groups (broad SMARTS) is 1. The molecule has 147 heavy (non-hydrogen) atoms. The van der Waals surface area contributed by atoms with Gasteiger partial charge in [-0.05, 0) is 145 Å². The number of carbonyl (C=O) groups excluding carboxylic acids is 5. The maximum atomic E-state index is 16.5. The Morgan fingerprint density at radius 3 is 1.78 bits per heavy atom. The molecule has 0 aromatic carbocycles. The molecule has 842 valence electrons. The summed E-state index contributed by atoms with van der Waals surface area (Å²) >= 11 is 1.18. The third-order valence-electron chi connectivity index (χ3n) is 32.1. The Hall–Kier alpha value is -4.82. The second kappa shape index (κ2) is 49.7. The normalized spacial score (nSPS) is 45.2. The molecule has 13 aliphatic rings. The summed E-state index contributed by atoms with van der Waals surface area (Å²) in [4.78, 5) is 83.5. The van der Waals surface area contributed by atoms with Crippen LogP contribution in [0.4, 0.5) is 0 Å². The molecule has 5 aliphatic carbocycles. The number of allylic oxidation sites excluding steroid dienone is 2. The minimum atomic E-state index is -2.52. The average Bonchev–Trinajstić information content (AvgIpc) is 0.729. The molecule has 0 aromatic heterocycles. The number of esters is 2. The number of aliphatic hydroxyl groups is 23. The van der Waals surface area contributed by atoms with Gasteiger partial charge >= 0.3 is 17.9 Å². The number of rotatable bonds is 41. The third kappa shape index (κ3) is 25.4. The Morgan fingerprint density at radius 1 is 0.571 bits per heavy atom. The molecule has 50 atom stereocenters. The van der Waals surface area contributed by atoms with Crippen molar-refractivity contribution in [1.82, 2.24) is 10.3 Å². The van der Waals surface area contributed by atoms with Crippen molar-refractivity contribution in [2.75, 3.05) is 51.9 Å². The van der Waals surface area contributed by atoms with Gasteiger partial charge in [-0.3, -0.25) is 28.9 Å². The average molecular weight is 2140 g/mol. The Bertz CT molecular complexity index is 4400. The smallest absolute Gasteiger partial charge is 0.335 e. The highest BCUT2D eigenvalue weighted by Gasteiger charge is 2.71. The van der Waals surface area contributed by atoms with E-state index in [1.165, 1.54) is 57.5 Å². The highest BCUT2D eigenvalue weighted by Crippen LogP contribution is 2.73. The van der Waals surface area contributed by atoms with Crippen molar-refractivity contribution in [3.63, 3.8) is 0 Å². The quantitative estimate of drug-likeness (QED) is 0.00395. The number of thioether (sulfide) groups is 1. The van der Waals surface area contributed by atoms with Crippen LogP contribution >= 0.6 is 11.8 Å². The Labute approximate surface area is 850 Å². The van der Waals surface area contributed by atoms with Crippen molar-refractivity contribution in [2.24, 2.45) is 55.8 Å². The van der Waals surface area contributed by atoms with E-state index in [0.29, 0.717) is 32.1 Å². The first kappa shape index (κ1) is 119. The zero-order valence-electron chi connectivity index (χ0n) is 83.6. The molecule has 43 unspecified atom stereocenters. The number of unbranched alkanes of at least 4 members (excludes halogenated alkanes) is 2. The number of likely N-dealkylation sites (tertiary alicyclic amines) is 1. The highest BCUT2D eigenvalue weighted by atomic mass is 32.2. The van der Waals surface area contributed by atoms with Crippen molar-refractivity contribution in [3.05, 3.63) is 11.6 Å². The molecule has 4 saturated carbocycles. The fourth-order valence-corrected chi connectivity index (χ4v) is 24.8. The lowest BCUT2D eigenvalue weighted by Gasteiger charge is -2.68. The molecule has 52 nitrogen and oxygen atoms in total. The minimum absolute atomic E-state index is 0.0108. The number of hydrazone groups is 1. The monoisotopic (exact) mass is 2140 g/mol. The number of carboxylic acids is 1. The zero-order chi connectivity index (χ0) is 108. The Morgan fingerprint density at radius 2 is 1.16 bits per heavy atom. The number of nitrogens with one attached hydrogen (secondary N) is 1. The highest BCUT2D eigenvalue weighted by molar-refractivity contribution is 8.00. The molecule has 0 spiro atoms. The van der Waals surface area contributed by atoms with Crippen molar-refractivity contribution < 1.29 is 241 Å². The van der Waals surface area contributed by atoms with Gasteiger partial charge in [0.2, 0.25) is 49.2 Å². The summed E-state index contributed by atoms with van der Waals surface area (Å²) in [6, 6.07) is 0. The molecule has 0 bridgehead atoms. The number of hydrogen-bond donors (Lipinski definition) is 25. The van der Waals surface area contributed by atoms with Crippen LogP contribution in [-0.4, -0.2) is 485 Å². The van der Waals surface area contributed by atoms with Gasteiger partial charge in [0.1, 0.15) is 146 Å². The standard InChI is InChI=1S/C94H151N3O49S/c1-36(101)32-128-87(78(124)125)145-79(126)88(132-38(3)37(2)131-41(6)102)139-70-40(5)134-85(74(66(70)118)143-82-65(117)61(113)69(39(4)133-82)138-81-68(120)71(46(104)34-130-81)140-83-63(115)59(111)57(109)47(30-99)135-83)146-89(127)94-23-22-90(7,8)29-44(94)42-16-17-50-91(9,43(42)27-52(94)105)20-18-51-92(50,10)21-19-53(93(51,11)35-95-96-54(106)15-13-12-14-24-97-55(107)28-49(76(97)121)147-26-25-98)137-86-75(144-84-64(116)60(112)58(110)48(31-100)136-84)72(67(119)73(142-86)77(122)123)141-80-62(114)56(108)45(103)33-129-80/h16,35-40,43-53,56-75,78-88,98-101,103-105,108-120,124-126H,12-15,17-34H2,1-11H3,(H,96,106)(H,122,123)/b95-35+/t36?,37?,38?,39?,40?,43?,44?,45?,46?,47?,48?,49-,50?,51?,52+,53-,56?,57?,58?,59?,60?,61?,62?,63?,64?,65?,66?,67?,68?,69?,70?,71?,72?,73?,74?,75?,79?,80?,81?,82?,83?,84?,85?,86?,87?,88?,91-,92+,93-,94+/m0/s1. The second-order valence-corrected chi connectivity index (χ2v) is 44.0. The van der Waals surface area contributed by atoms with Gasteiger partial charge in [0.25, 0.3) is 0 Å². The van der Waals surface area contributed by atoms with Crippen LogP contribution in [-0.2, 0) is 119 Å². The van der Waals surface area contributed by atoms with Gasteiger partial charge in [-0.25, -0.2) is 10.2 Å². The van der Waals surface area contributed by atoms with Gasteiger partial charge in [-0.2, -0.15) is 5.10 Å². The topological polar surface area (TPSA) is 791 Å².